The number of nitrogens with zero attached hydrogens (tertiary/aromatic N) is 3. The summed E-state index contributed by atoms with van der Waals surface area (Å²) in [5.41, 5.74) is 10.5. The number of para-hydroxylation sites is 4. The number of benzene rings is 3. The van der Waals surface area contributed by atoms with Gasteiger partial charge in [-0.2, -0.15) is 5.26 Å². The maximum Gasteiger partial charge on any atom is 0.142 e. The lowest BCUT2D eigenvalue weighted by Gasteiger charge is -2.36. The fraction of sp³-hybridized carbons (Fsp3) is 0.323. The molecule has 7 heteroatoms. The van der Waals surface area contributed by atoms with E-state index in [9.17, 15) is 0 Å². The largest absolute Gasteiger partial charge is 0.495 e. The third kappa shape index (κ3) is 6.78. The molecule has 38 heavy (non-hydrogen) atoms. The van der Waals surface area contributed by atoms with Crippen LogP contribution >= 0.6 is 0 Å². The summed E-state index contributed by atoms with van der Waals surface area (Å²) < 4.78 is 10.4. The summed E-state index contributed by atoms with van der Waals surface area (Å²) in [6.45, 7) is 5.42. The lowest BCUT2D eigenvalue weighted by molar-refractivity contribution is 0.252. The van der Waals surface area contributed by atoms with E-state index in [0.29, 0.717) is 5.69 Å². The second kappa shape index (κ2) is 13.4. The number of unbranched alkanes of at least 4 members (excludes halogenated alkanes) is 1. The van der Waals surface area contributed by atoms with Crippen LogP contribution in [0.5, 0.6) is 11.5 Å². The zero-order valence-corrected chi connectivity index (χ0v) is 22.3. The Labute approximate surface area is 225 Å². The maximum absolute atomic E-state index is 9.13. The highest BCUT2D eigenvalue weighted by atomic mass is 16.5. The van der Waals surface area contributed by atoms with Gasteiger partial charge in [-0.1, -0.05) is 24.3 Å². The molecular weight excluding hydrogens is 474 g/mol. The van der Waals surface area contributed by atoms with Crippen molar-refractivity contribution >= 4 is 22.3 Å². The van der Waals surface area contributed by atoms with Crippen molar-refractivity contribution in [1.82, 2.24) is 9.88 Å². The standard InChI is InChI=1S/C24H28N4O.C7H9NO/c1-29-24-8-3-2-7-23(24)28-14-12-27(13-15-28)11-5-4-6-20-18-26-22-10-9-19(17-25)16-21(20)22;1-9-7-5-3-2-4-6(7)8/h2-3,7-10,16,18,26H,4-6,11-15H2,1H3;2-5H,8H2,1H3. The number of aromatic amines is 1. The summed E-state index contributed by atoms with van der Waals surface area (Å²) in [7, 11) is 3.34. The third-order valence-corrected chi connectivity index (χ3v) is 7.00. The molecule has 0 unspecified atom stereocenters. The van der Waals surface area contributed by atoms with E-state index in [0.717, 1.165) is 68.1 Å². The summed E-state index contributed by atoms with van der Waals surface area (Å²) in [6, 6.07) is 23.8. The average molecular weight is 512 g/mol. The zero-order valence-electron chi connectivity index (χ0n) is 22.3. The average Bonchev–Trinajstić information content (AvgIpc) is 3.38. The molecule has 3 N–H and O–H groups in total. The molecule has 5 rings (SSSR count). The van der Waals surface area contributed by atoms with Gasteiger partial charge in [0.15, 0.2) is 0 Å². The highest BCUT2D eigenvalue weighted by Gasteiger charge is 2.19. The first-order valence-electron chi connectivity index (χ1n) is 13.1. The summed E-state index contributed by atoms with van der Waals surface area (Å²) in [5, 5.41) is 10.3. The van der Waals surface area contributed by atoms with Gasteiger partial charge >= 0.3 is 0 Å². The number of fused-ring (bicyclic) bond motifs is 1. The predicted octanol–water partition coefficient (Wildman–Crippen LogP) is 5.47. The van der Waals surface area contributed by atoms with Gasteiger partial charge < -0.3 is 25.1 Å². The number of nitrogens with one attached hydrogen (secondary N) is 1. The SMILES string of the molecule is COc1ccccc1N.COc1ccccc1N1CCN(CCCCc2c[nH]c3ccc(C#N)cc23)CC1. The molecule has 1 aliphatic rings. The molecule has 2 heterocycles. The second-order valence-electron chi connectivity index (χ2n) is 9.39. The van der Waals surface area contributed by atoms with Crippen LogP contribution in [0.15, 0.2) is 72.9 Å². The number of methoxy groups -OCH3 is 2. The number of nitriles is 1. The molecule has 7 nitrogen and oxygen atoms in total. The Bertz CT molecular complexity index is 1350. The molecule has 0 spiro atoms. The molecule has 0 radical (unpaired) electrons. The molecule has 198 valence electrons. The van der Waals surface area contributed by atoms with E-state index in [2.05, 4.69) is 39.2 Å². The van der Waals surface area contributed by atoms with Gasteiger partial charge in [-0.25, -0.2) is 0 Å². The van der Waals surface area contributed by atoms with E-state index in [1.54, 1.807) is 20.3 Å². The van der Waals surface area contributed by atoms with Gasteiger partial charge in [0.05, 0.1) is 37.2 Å². The number of aryl methyl sites for hydroxylation is 1. The summed E-state index contributed by atoms with van der Waals surface area (Å²) in [6.07, 6.45) is 5.50. The zero-order chi connectivity index (χ0) is 26.7. The molecule has 4 aromatic rings. The van der Waals surface area contributed by atoms with Crippen LogP contribution < -0.4 is 20.1 Å². The first-order chi connectivity index (χ1) is 18.6. The molecule has 3 aromatic carbocycles. The summed E-state index contributed by atoms with van der Waals surface area (Å²) in [5.74, 6) is 1.69. The molecule has 1 fully saturated rings. The Kier molecular flexibility index (Phi) is 9.49. The van der Waals surface area contributed by atoms with Crippen LogP contribution in [-0.2, 0) is 6.42 Å². The summed E-state index contributed by atoms with van der Waals surface area (Å²) in [4.78, 5) is 8.31. The minimum Gasteiger partial charge on any atom is -0.495 e. The van der Waals surface area contributed by atoms with Crippen LogP contribution in [0.25, 0.3) is 10.9 Å². The van der Waals surface area contributed by atoms with Crippen molar-refractivity contribution < 1.29 is 9.47 Å². The number of aromatic nitrogens is 1. The first kappa shape index (κ1) is 26.9. The van der Waals surface area contributed by atoms with Gasteiger partial charge in [-0.05, 0) is 73.8 Å². The Morgan fingerprint density at radius 1 is 0.895 bits per heavy atom. The van der Waals surface area contributed by atoms with Crippen molar-refractivity contribution in [3.05, 3.63) is 84.1 Å². The number of ether oxygens (including phenoxy) is 2. The smallest absolute Gasteiger partial charge is 0.142 e. The molecule has 1 saturated heterocycles. The Morgan fingerprint density at radius 3 is 2.29 bits per heavy atom. The van der Waals surface area contributed by atoms with Crippen LogP contribution in [0.3, 0.4) is 0 Å². The molecular formula is C31H37N5O2. The normalized spacial score (nSPS) is 13.4. The van der Waals surface area contributed by atoms with Gasteiger partial charge in [-0.3, -0.25) is 4.90 Å². The van der Waals surface area contributed by atoms with Gasteiger partial charge in [0.25, 0.3) is 0 Å². The molecule has 0 saturated carbocycles. The van der Waals surface area contributed by atoms with Crippen molar-refractivity contribution in [3.63, 3.8) is 0 Å². The highest BCUT2D eigenvalue weighted by molar-refractivity contribution is 5.84. The molecule has 0 atom stereocenters. The van der Waals surface area contributed by atoms with Crippen molar-refractivity contribution in [2.24, 2.45) is 0 Å². The Morgan fingerprint density at radius 2 is 1.61 bits per heavy atom. The van der Waals surface area contributed by atoms with E-state index in [1.807, 2.05) is 48.5 Å². The number of nitrogens with two attached hydrogens (primary N) is 1. The Balaban J connectivity index is 0.000000317. The van der Waals surface area contributed by atoms with Crippen molar-refractivity contribution in [1.29, 1.82) is 5.26 Å². The topological polar surface area (TPSA) is 90.5 Å². The minimum atomic E-state index is 0.681. The van der Waals surface area contributed by atoms with Crippen LogP contribution in [-0.4, -0.2) is 56.8 Å². The van der Waals surface area contributed by atoms with Gasteiger partial charge in [0.2, 0.25) is 0 Å². The molecule has 0 bridgehead atoms. The number of nitrogen functional groups attached to an aromatic ring is 1. The number of rotatable bonds is 8. The lowest BCUT2D eigenvalue weighted by atomic mass is 10.1. The number of H-pyrrole nitrogens is 1. The van der Waals surface area contributed by atoms with E-state index < -0.39 is 0 Å². The van der Waals surface area contributed by atoms with E-state index in [-0.39, 0.29) is 0 Å². The van der Waals surface area contributed by atoms with E-state index >= 15 is 0 Å². The first-order valence-corrected chi connectivity index (χ1v) is 13.1. The van der Waals surface area contributed by atoms with Crippen LogP contribution in [0.1, 0.15) is 24.0 Å². The molecule has 1 aliphatic heterocycles. The van der Waals surface area contributed by atoms with Gasteiger partial charge in [0.1, 0.15) is 11.5 Å². The van der Waals surface area contributed by atoms with Crippen LogP contribution in [0.2, 0.25) is 0 Å². The quantitative estimate of drug-likeness (QED) is 0.241. The van der Waals surface area contributed by atoms with Crippen molar-refractivity contribution in [2.45, 2.75) is 19.3 Å². The number of hydrogen-bond donors (Lipinski definition) is 2. The van der Waals surface area contributed by atoms with Gasteiger partial charge in [-0.15, -0.1) is 0 Å². The fourth-order valence-corrected chi connectivity index (χ4v) is 4.88. The number of piperazine rings is 1. The fourth-order valence-electron chi connectivity index (χ4n) is 4.88. The van der Waals surface area contributed by atoms with Crippen LogP contribution in [0, 0.1) is 11.3 Å². The monoisotopic (exact) mass is 511 g/mol. The second-order valence-corrected chi connectivity index (χ2v) is 9.39. The number of anilines is 2. The summed E-state index contributed by atoms with van der Waals surface area (Å²) >= 11 is 0. The van der Waals surface area contributed by atoms with Crippen molar-refractivity contribution in [2.75, 3.05) is 57.6 Å². The maximum atomic E-state index is 9.13. The highest BCUT2D eigenvalue weighted by Crippen LogP contribution is 2.28. The molecule has 0 amide bonds. The lowest BCUT2D eigenvalue weighted by Crippen LogP contribution is -2.46. The third-order valence-electron chi connectivity index (χ3n) is 7.00. The van der Waals surface area contributed by atoms with E-state index in [4.69, 9.17) is 20.5 Å². The Hall–Kier alpha value is -4.15. The van der Waals surface area contributed by atoms with E-state index in [1.165, 1.54) is 23.1 Å². The van der Waals surface area contributed by atoms with Crippen LogP contribution in [0.4, 0.5) is 11.4 Å². The van der Waals surface area contributed by atoms with Crippen molar-refractivity contribution in [3.8, 4) is 17.6 Å². The minimum absolute atomic E-state index is 0.681. The van der Waals surface area contributed by atoms with Gasteiger partial charge in [0, 0.05) is 43.3 Å². The molecule has 0 aliphatic carbocycles. The predicted molar refractivity (Wildman–Crippen MR) is 155 cm³/mol. The molecule has 1 aromatic heterocycles. The number of hydrogen-bond acceptors (Lipinski definition) is 6.